The van der Waals surface area contributed by atoms with E-state index in [9.17, 15) is 28.8 Å². The maximum Gasteiger partial charge on any atom is 0.306 e. The molecule has 0 unspecified atom stereocenters. The largest absolute Gasteiger partial charge is 0.390 e. The average molecular weight is 548 g/mol. The number of aliphatic hydroxyl groups is 4. The maximum absolute atomic E-state index is 11.7. The molecule has 4 rings (SSSR count). The Balaban J connectivity index is 1.50. The summed E-state index contributed by atoms with van der Waals surface area (Å²) in [6.45, 7) is 1.91. The summed E-state index contributed by atoms with van der Waals surface area (Å²) in [6, 6.07) is 4.94. The van der Waals surface area contributed by atoms with Gasteiger partial charge in [-0.15, -0.1) is 0 Å². The van der Waals surface area contributed by atoms with E-state index >= 15 is 0 Å². The number of nitrogens with one attached hydrogen (secondary N) is 3. The van der Waals surface area contributed by atoms with Gasteiger partial charge in [-0.3, -0.25) is 0 Å². The van der Waals surface area contributed by atoms with E-state index in [4.69, 9.17) is 18.4 Å². The van der Waals surface area contributed by atoms with Gasteiger partial charge in [0.15, 0.2) is 0 Å². The molecule has 1 aromatic carbocycles. The highest BCUT2D eigenvalue weighted by Crippen LogP contribution is 2.46. The summed E-state index contributed by atoms with van der Waals surface area (Å²) in [5.41, 5.74) is -1.07. The molecular formula is C23H37N3O10S. The summed E-state index contributed by atoms with van der Waals surface area (Å²) in [7, 11) is -0.402. The SMILES string of the molecule is CN[C@@H]1[C@H](O)[C@H](NC)[C@H]2O[C@]3(O)[C@H](O[C@@H]2[C@H]1O)O[C@H](C)C[C@@]3(O)CNCc1ccc(OS(C)(=O)=O)cc1. The Kier molecular flexibility index (Phi) is 8.20. The van der Waals surface area contributed by atoms with Crippen LogP contribution in [-0.2, 0) is 30.9 Å². The van der Waals surface area contributed by atoms with Crippen LogP contribution in [0.5, 0.6) is 5.75 Å². The predicted molar refractivity (Wildman–Crippen MR) is 130 cm³/mol. The summed E-state index contributed by atoms with van der Waals surface area (Å²) < 4.78 is 45.3. The third kappa shape index (κ3) is 5.51. The molecule has 2 aliphatic heterocycles. The molecule has 0 spiro atoms. The number of rotatable bonds is 8. The monoisotopic (exact) mass is 547 g/mol. The van der Waals surface area contributed by atoms with Crippen molar-refractivity contribution in [2.75, 3.05) is 26.9 Å². The van der Waals surface area contributed by atoms with Gasteiger partial charge in [-0.25, -0.2) is 0 Å². The minimum atomic E-state index is -3.63. The van der Waals surface area contributed by atoms with Crippen molar-refractivity contribution in [3.8, 4) is 5.75 Å². The van der Waals surface area contributed by atoms with Gasteiger partial charge in [0, 0.05) is 19.5 Å². The molecule has 7 N–H and O–H groups in total. The van der Waals surface area contributed by atoms with Crippen LogP contribution in [0.4, 0.5) is 0 Å². The summed E-state index contributed by atoms with van der Waals surface area (Å²) in [5, 5.41) is 54.0. The lowest BCUT2D eigenvalue weighted by Crippen LogP contribution is -2.81. The Hall–Kier alpha value is -1.43. The van der Waals surface area contributed by atoms with Crippen molar-refractivity contribution in [1.29, 1.82) is 0 Å². The lowest BCUT2D eigenvalue weighted by atomic mass is 9.77. The number of hydrogen-bond donors (Lipinski definition) is 7. The Morgan fingerprint density at radius 1 is 1.03 bits per heavy atom. The Labute approximate surface area is 216 Å². The molecule has 1 aromatic rings. The minimum absolute atomic E-state index is 0.0172. The van der Waals surface area contributed by atoms with Gasteiger partial charge >= 0.3 is 10.1 Å². The van der Waals surface area contributed by atoms with Crippen LogP contribution in [0.2, 0.25) is 0 Å². The quantitative estimate of drug-likeness (QED) is 0.168. The maximum atomic E-state index is 11.7. The van der Waals surface area contributed by atoms with Crippen molar-refractivity contribution in [1.82, 2.24) is 16.0 Å². The van der Waals surface area contributed by atoms with Crippen LogP contribution in [-0.4, -0.2) is 116 Å². The highest BCUT2D eigenvalue weighted by atomic mass is 32.2. The highest BCUT2D eigenvalue weighted by Gasteiger charge is 2.68. The molecule has 2 heterocycles. The molecule has 13 nitrogen and oxygen atoms in total. The van der Waals surface area contributed by atoms with E-state index in [0.29, 0.717) is 0 Å². The fourth-order valence-corrected chi connectivity index (χ4v) is 5.94. The van der Waals surface area contributed by atoms with Crippen LogP contribution < -0.4 is 20.1 Å². The van der Waals surface area contributed by atoms with Gasteiger partial charge in [0.1, 0.15) is 29.7 Å². The standard InChI is InChI=1S/C23H37N3O10S/c1-12-9-22(29,11-26-10-13-5-7-14(8-6-13)36-37(4,31)32)23(30)21(33-12)34-20-18(28)15(24-2)17(27)16(25-3)19(20)35-23/h5-8,12,15-21,24-30H,9-11H2,1-4H3/t12-,15-,16+,17+,18+,19-,20-,21+,22-,23-/m1/s1. The molecule has 0 bridgehead atoms. The molecule has 1 saturated carbocycles. The molecule has 1 aliphatic carbocycles. The smallest absolute Gasteiger partial charge is 0.306 e. The fraction of sp³-hybridized carbons (Fsp3) is 0.739. The van der Waals surface area contributed by atoms with Crippen molar-refractivity contribution >= 4 is 10.1 Å². The van der Waals surface area contributed by atoms with Crippen LogP contribution in [0.15, 0.2) is 24.3 Å². The topological polar surface area (TPSA) is 188 Å². The first kappa shape index (κ1) is 28.6. The van der Waals surface area contributed by atoms with Crippen LogP contribution in [0.3, 0.4) is 0 Å². The van der Waals surface area contributed by atoms with E-state index in [2.05, 4.69) is 16.0 Å². The summed E-state index contributed by atoms with van der Waals surface area (Å²) in [5.74, 6) is -2.12. The molecule has 0 aromatic heterocycles. The van der Waals surface area contributed by atoms with E-state index in [1.807, 2.05) is 0 Å². The van der Waals surface area contributed by atoms with Crippen molar-refractivity contribution < 1.29 is 47.2 Å². The Morgan fingerprint density at radius 3 is 2.27 bits per heavy atom. The fourth-order valence-electron chi connectivity index (χ4n) is 5.48. The van der Waals surface area contributed by atoms with Gasteiger partial charge in [-0.1, -0.05) is 12.1 Å². The zero-order chi connectivity index (χ0) is 27.2. The third-order valence-electron chi connectivity index (χ3n) is 7.27. The molecule has 0 radical (unpaired) electrons. The average Bonchev–Trinajstić information content (AvgIpc) is 2.80. The van der Waals surface area contributed by atoms with Crippen LogP contribution in [0, 0.1) is 0 Å². The lowest BCUT2D eigenvalue weighted by Gasteiger charge is -2.60. The minimum Gasteiger partial charge on any atom is -0.390 e. The summed E-state index contributed by atoms with van der Waals surface area (Å²) in [6.07, 6.45) is -5.09. The van der Waals surface area contributed by atoms with Gasteiger partial charge in [0.05, 0.1) is 30.5 Å². The summed E-state index contributed by atoms with van der Waals surface area (Å²) >= 11 is 0. The summed E-state index contributed by atoms with van der Waals surface area (Å²) in [4.78, 5) is 0. The van der Waals surface area contributed by atoms with Crippen LogP contribution >= 0.6 is 0 Å². The molecule has 10 atom stereocenters. The molecule has 0 amide bonds. The van der Waals surface area contributed by atoms with Crippen LogP contribution in [0.1, 0.15) is 18.9 Å². The first-order valence-corrected chi connectivity index (χ1v) is 14.0. The number of ether oxygens (including phenoxy) is 3. The highest BCUT2D eigenvalue weighted by molar-refractivity contribution is 7.86. The van der Waals surface area contributed by atoms with E-state index < -0.39 is 70.4 Å². The number of benzene rings is 1. The lowest BCUT2D eigenvalue weighted by molar-refractivity contribution is -0.482. The number of fused-ring (bicyclic) bond motifs is 2. The van der Waals surface area contributed by atoms with Gasteiger partial charge in [-0.05, 0) is 38.7 Å². The number of aliphatic hydroxyl groups excluding tert-OH is 2. The van der Waals surface area contributed by atoms with Crippen molar-refractivity contribution in [2.45, 2.75) is 80.2 Å². The zero-order valence-corrected chi connectivity index (χ0v) is 22.0. The van der Waals surface area contributed by atoms with Crippen molar-refractivity contribution in [3.05, 3.63) is 29.8 Å². The normalized spacial score (nSPS) is 42.1. The van der Waals surface area contributed by atoms with Crippen molar-refractivity contribution in [2.24, 2.45) is 0 Å². The van der Waals surface area contributed by atoms with Crippen molar-refractivity contribution in [3.63, 3.8) is 0 Å². The van der Waals surface area contributed by atoms with Gasteiger partial charge in [0.25, 0.3) is 0 Å². The molecular weight excluding hydrogens is 510 g/mol. The number of hydrogen-bond acceptors (Lipinski definition) is 13. The second-order valence-corrected chi connectivity index (χ2v) is 11.6. The zero-order valence-electron chi connectivity index (χ0n) is 21.2. The molecule has 37 heavy (non-hydrogen) atoms. The van der Waals surface area contributed by atoms with E-state index in [1.165, 1.54) is 12.1 Å². The van der Waals surface area contributed by atoms with E-state index in [0.717, 1.165) is 11.8 Å². The van der Waals surface area contributed by atoms with E-state index in [-0.39, 0.29) is 25.3 Å². The third-order valence-corrected chi connectivity index (χ3v) is 7.76. The molecule has 210 valence electrons. The first-order chi connectivity index (χ1) is 17.3. The number of likely N-dealkylation sites (N-methyl/N-ethyl adjacent to an activating group) is 2. The van der Waals surface area contributed by atoms with Gasteiger partial charge in [0.2, 0.25) is 12.1 Å². The second kappa shape index (κ2) is 10.6. The Morgan fingerprint density at radius 2 is 1.68 bits per heavy atom. The first-order valence-electron chi connectivity index (χ1n) is 12.1. The Bertz CT molecular complexity index is 1050. The predicted octanol–water partition coefficient (Wildman–Crippen LogP) is -2.64. The molecule has 3 aliphatic rings. The van der Waals surface area contributed by atoms with Crippen LogP contribution in [0.25, 0.3) is 0 Å². The van der Waals surface area contributed by atoms with Gasteiger partial charge < -0.3 is 54.8 Å². The molecule has 14 heteroatoms. The van der Waals surface area contributed by atoms with Gasteiger partial charge in [-0.2, -0.15) is 8.42 Å². The van der Waals surface area contributed by atoms with E-state index in [1.54, 1.807) is 33.2 Å². The second-order valence-electron chi connectivity index (χ2n) is 10.0. The molecule has 3 fully saturated rings. The molecule has 2 saturated heterocycles.